The summed E-state index contributed by atoms with van der Waals surface area (Å²) in [4.78, 5) is 0.804. The number of aromatic nitrogens is 2. The lowest BCUT2D eigenvalue weighted by molar-refractivity contribution is 0.273. The molecule has 0 radical (unpaired) electrons. The first-order chi connectivity index (χ1) is 8.94. The van der Waals surface area contributed by atoms with Gasteiger partial charge in [0.25, 0.3) is 0 Å². The number of halogens is 1. The normalized spacial score (nSPS) is 11.9. The summed E-state index contributed by atoms with van der Waals surface area (Å²) >= 11 is 7.08. The van der Waals surface area contributed by atoms with Crippen molar-refractivity contribution >= 4 is 33.0 Å². The number of sulfonamides is 1. The SMILES string of the molecule is Cc1[nH]nc(CO)c1S(=O)(=O)NCc1ccc(Cl)s1. The molecule has 104 valence electrons. The van der Waals surface area contributed by atoms with Gasteiger partial charge < -0.3 is 5.11 Å². The predicted octanol–water partition coefficient (Wildman–Crippen LogP) is 1.40. The molecule has 3 N–H and O–H groups in total. The monoisotopic (exact) mass is 321 g/mol. The van der Waals surface area contributed by atoms with Gasteiger partial charge in [-0.2, -0.15) is 5.10 Å². The van der Waals surface area contributed by atoms with Crippen LogP contribution in [0.5, 0.6) is 0 Å². The van der Waals surface area contributed by atoms with Crippen molar-refractivity contribution in [2.75, 3.05) is 0 Å². The molecule has 0 aromatic carbocycles. The molecule has 2 aromatic heterocycles. The molecular formula is C10H12ClN3O3S2. The average Bonchev–Trinajstić information content (AvgIpc) is 2.93. The molecule has 0 aliphatic rings. The molecule has 0 atom stereocenters. The second-order valence-electron chi connectivity index (χ2n) is 3.81. The van der Waals surface area contributed by atoms with Crippen LogP contribution in [0.4, 0.5) is 0 Å². The van der Waals surface area contributed by atoms with E-state index in [-0.39, 0.29) is 17.1 Å². The average molecular weight is 322 g/mol. The van der Waals surface area contributed by atoms with Crippen LogP contribution in [0.25, 0.3) is 0 Å². The van der Waals surface area contributed by atoms with Gasteiger partial charge >= 0.3 is 0 Å². The van der Waals surface area contributed by atoms with Crippen LogP contribution in [-0.2, 0) is 23.2 Å². The molecule has 0 aliphatic carbocycles. The Morgan fingerprint density at radius 1 is 1.53 bits per heavy atom. The molecule has 0 unspecified atom stereocenters. The van der Waals surface area contributed by atoms with Gasteiger partial charge in [0.2, 0.25) is 10.0 Å². The third-order valence-electron chi connectivity index (χ3n) is 2.45. The zero-order valence-electron chi connectivity index (χ0n) is 9.97. The molecule has 9 heteroatoms. The highest BCUT2D eigenvalue weighted by Crippen LogP contribution is 2.22. The summed E-state index contributed by atoms with van der Waals surface area (Å²) < 4.78 is 27.4. The van der Waals surface area contributed by atoms with Crippen LogP contribution in [0.15, 0.2) is 17.0 Å². The van der Waals surface area contributed by atoms with E-state index < -0.39 is 16.6 Å². The van der Waals surface area contributed by atoms with E-state index in [1.165, 1.54) is 11.3 Å². The van der Waals surface area contributed by atoms with Gasteiger partial charge in [0.05, 0.1) is 16.6 Å². The largest absolute Gasteiger partial charge is 0.390 e. The summed E-state index contributed by atoms with van der Waals surface area (Å²) in [6.07, 6.45) is 0. The maximum absolute atomic E-state index is 12.2. The number of hydrogen-bond acceptors (Lipinski definition) is 5. The lowest BCUT2D eigenvalue weighted by Crippen LogP contribution is -2.24. The van der Waals surface area contributed by atoms with Crippen molar-refractivity contribution in [3.63, 3.8) is 0 Å². The number of aromatic amines is 1. The lowest BCUT2D eigenvalue weighted by atomic mass is 10.4. The number of aryl methyl sites for hydroxylation is 1. The quantitative estimate of drug-likeness (QED) is 0.775. The smallest absolute Gasteiger partial charge is 0.244 e. The van der Waals surface area contributed by atoms with Crippen LogP contribution in [-0.4, -0.2) is 23.7 Å². The van der Waals surface area contributed by atoms with Crippen molar-refractivity contribution in [3.8, 4) is 0 Å². The Labute approximate surface area is 119 Å². The highest BCUT2D eigenvalue weighted by molar-refractivity contribution is 7.89. The first kappa shape index (κ1) is 14.5. The first-order valence-electron chi connectivity index (χ1n) is 5.32. The molecule has 0 fully saturated rings. The number of thiophene rings is 1. The lowest BCUT2D eigenvalue weighted by Gasteiger charge is -2.06. The maximum Gasteiger partial charge on any atom is 0.244 e. The summed E-state index contributed by atoms with van der Waals surface area (Å²) in [5.41, 5.74) is 0.495. The minimum Gasteiger partial charge on any atom is -0.390 e. The van der Waals surface area contributed by atoms with Gasteiger partial charge in [-0.3, -0.25) is 5.10 Å². The van der Waals surface area contributed by atoms with E-state index in [0.29, 0.717) is 10.0 Å². The minimum absolute atomic E-state index is 0.00217. The van der Waals surface area contributed by atoms with Crippen molar-refractivity contribution in [1.29, 1.82) is 0 Å². The van der Waals surface area contributed by atoms with E-state index in [2.05, 4.69) is 14.9 Å². The van der Waals surface area contributed by atoms with Crippen molar-refractivity contribution in [2.24, 2.45) is 0 Å². The Morgan fingerprint density at radius 2 is 2.26 bits per heavy atom. The van der Waals surface area contributed by atoms with Crippen LogP contribution in [0, 0.1) is 6.92 Å². The minimum atomic E-state index is -3.72. The highest BCUT2D eigenvalue weighted by atomic mass is 35.5. The zero-order chi connectivity index (χ0) is 14.0. The topological polar surface area (TPSA) is 95.1 Å². The fraction of sp³-hybridized carbons (Fsp3) is 0.300. The van der Waals surface area contributed by atoms with E-state index in [9.17, 15) is 8.42 Å². The molecule has 2 rings (SSSR count). The summed E-state index contributed by atoms with van der Waals surface area (Å²) in [7, 11) is -3.72. The van der Waals surface area contributed by atoms with E-state index >= 15 is 0 Å². The third kappa shape index (κ3) is 3.15. The first-order valence-corrected chi connectivity index (χ1v) is 8.00. The summed E-state index contributed by atoms with van der Waals surface area (Å²) in [6.45, 7) is 1.29. The Balaban J connectivity index is 2.20. The van der Waals surface area contributed by atoms with Gasteiger partial charge in [0.1, 0.15) is 10.6 Å². The predicted molar refractivity (Wildman–Crippen MR) is 72.6 cm³/mol. The number of H-pyrrole nitrogens is 1. The molecule has 2 heterocycles. The summed E-state index contributed by atoms with van der Waals surface area (Å²) in [5, 5.41) is 15.4. The molecule has 0 saturated heterocycles. The Morgan fingerprint density at radius 3 is 2.84 bits per heavy atom. The van der Waals surface area contributed by atoms with Crippen LogP contribution >= 0.6 is 22.9 Å². The molecule has 0 saturated carbocycles. The fourth-order valence-corrected chi connectivity index (χ4v) is 4.10. The molecule has 2 aromatic rings. The molecule has 0 amide bonds. The maximum atomic E-state index is 12.2. The number of aliphatic hydroxyl groups excluding tert-OH is 1. The van der Waals surface area contributed by atoms with E-state index in [1.807, 2.05) is 0 Å². The van der Waals surface area contributed by atoms with Crippen molar-refractivity contribution < 1.29 is 13.5 Å². The van der Waals surface area contributed by atoms with Crippen molar-refractivity contribution in [1.82, 2.24) is 14.9 Å². The highest BCUT2D eigenvalue weighted by Gasteiger charge is 2.23. The Hall–Kier alpha value is -0.930. The third-order valence-corrected chi connectivity index (χ3v) is 5.28. The summed E-state index contributed by atoms with van der Waals surface area (Å²) in [5.74, 6) is 0. The Bertz CT molecular complexity index is 678. The Kier molecular flexibility index (Phi) is 4.26. The fourth-order valence-electron chi connectivity index (χ4n) is 1.62. The van der Waals surface area contributed by atoms with Gasteiger partial charge in [0, 0.05) is 11.4 Å². The second-order valence-corrected chi connectivity index (χ2v) is 7.32. The van der Waals surface area contributed by atoms with Crippen molar-refractivity contribution in [2.45, 2.75) is 25.0 Å². The van der Waals surface area contributed by atoms with Gasteiger partial charge in [-0.05, 0) is 19.1 Å². The van der Waals surface area contributed by atoms with E-state index in [1.54, 1.807) is 19.1 Å². The number of nitrogens with zero attached hydrogens (tertiary/aromatic N) is 1. The second kappa shape index (κ2) is 5.59. The number of hydrogen-bond donors (Lipinski definition) is 3. The van der Waals surface area contributed by atoms with Crippen molar-refractivity contribution in [3.05, 3.63) is 32.7 Å². The van der Waals surface area contributed by atoms with E-state index in [4.69, 9.17) is 16.7 Å². The summed E-state index contributed by atoms with van der Waals surface area (Å²) in [6, 6.07) is 3.46. The standard InChI is InChI=1S/C10H12ClN3O3S2/c1-6-10(8(5-15)14-13-6)19(16,17)12-4-7-2-3-9(11)18-7/h2-3,12,15H,4-5H2,1H3,(H,13,14). The molecule has 0 bridgehead atoms. The number of rotatable bonds is 5. The number of aliphatic hydroxyl groups is 1. The number of nitrogens with one attached hydrogen (secondary N) is 2. The molecule has 6 nitrogen and oxygen atoms in total. The molecule has 0 aliphatic heterocycles. The molecule has 19 heavy (non-hydrogen) atoms. The van der Waals surface area contributed by atoms with Crippen LogP contribution in [0.3, 0.4) is 0 Å². The van der Waals surface area contributed by atoms with Crippen LogP contribution in [0.1, 0.15) is 16.3 Å². The zero-order valence-corrected chi connectivity index (χ0v) is 12.4. The van der Waals surface area contributed by atoms with Crippen LogP contribution in [0.2, 0.25) is 4.34 Å². The molecule has 0 spiro atoms. The van der Waals surface area contributed by atoms with Gasteiger partial charge in [0.15, 0.2) is 0 Å². The van der Waals surface area contributed by atoms with Crippen LogP contribution < -0.4 is 4.72 Å². The molecular weight excluding hydrogens is 310 g/mol. The van der Waals surface area contributed by atoms with Gasteiger partial charge in [-0.1, -0.05) is 11.6 Å². The van der Waals surface area contributed by atoms with Gasteiger partial charge in [-0.15, -0.1) is 11.3 Å². The van der Waals surface area contributed by atoms with E-state index in [0.717, 1.165) is 4.88 Å². The van der Waals surface area contributed by atoms with Gasteiger partial charge in [-0.25, -0.2) is 13.1 Å².